The van der Waals surface area contributed by atoms with Crippen LogP contribution in [0.2, 0.25) is 5.02 Å². The zero-order valence-corrected chi connectivity index (χ0v) is 11.6. The van der Waals surface area contributed by atoms with Crippen LogP contribution in [-0.4, -0.2) is 46.4 Å². The van der Waals surface area contributed by atoms with Gasteiger partial charge in [0.1, 0.15) is 11.8 Å². The summed E-state index contributed by atoms with van der Waals surface area (Å²) in [6.07, 6.45) is 0.497. The molecule has 0 bridgehead atoms. The third-order valence-corrected chi connectivity index (χ3v) is 4.08. The molecule has 2 atom stereocenters. The Morgan fingerprint density at radius 3 is 3.05 bits per heavy atom. The van der Waals surface area contributed by atoms with Crippen LogP contribution in [0.3, 0.4) is 0 Å². The number of fused-ring (bicyclic) bond motifs is 1. The number of hydrogen-bond acceptors (Lipinski definition) is 4. The van der Waals surface area contributed by atoms with Gasteiger partial charge >= 0.3 is 5.97 Å². The summed E-state index contributed by atoms with van der Waals surface area (Å²) in [6, 6.07) is 3.05. The van der Waals surface area contributed by atoms with Gasteiger partial charge in [0, 0.05) is 36.5 Å². The first-order valence-electron chi connectivity index (χ1n) is 6.63. The molecule has 1 aromatic carbocycles. The lowest BCUT2D eigenvalue weighted by molar-refractivity contribution is -0.142. The van der Waals surface area contributed by atoms with E-state index in [4.69, 9.17) is 16.3 Å². The van der Waals surface area contributed by atoms with E-state index < -0.39 is 18.1 Å². The Bertz CT molecular complexity index is 548. The lowest BCUT2D eigenvalue weighted by Crippen LogP contribution is -2.35. The number of nitrogens with zero attached hydrogens (tertiary/aromatic N) is 1. The summed E-state index contributed by atoms with van der Waals surface area (Å²) in [7, 11) is 0. The van der Waals surface area contributed by atoms with Gasteiger partial charge in [-0.05, 0) is 17.7 Å². The van der Waals surface area contributed by atoms with E-state index in [2.05, 4.69) is 0 Å². The van der Waals surface area contributed by atoms with Gasteiger partial charge in [0.05, 0.1) is 12.7 Å². The molecule has 1 saturated heterocycles. The van der Waals surface area contributed by atoms with Crippen LogP contribution in [0, 0.1) is 0 Å². The molecule has 0 amide bonds. The molecular formula is C14H16ClNO4. The number of aliphatic hydroxyl groups is 1. The smallest absolute Gasteiger partial charge is 0.321 e. The minimum atomic E-state index is -0.902. The minimum absolute atomic E-state index is 0.263. The van der Waals surface area contributed by atoms with Crippen molar-refractivity contribution in [2.45, 2.75) is 31.5 Å². The minimum Gasteiger partial charge on any atom is -0.493 e. The topological polar surface area (TPSA) is 70.0 Å². The number of hydrogen-bond donors (Lipinski definition) is 2. The van der Waals surface area contributed by atoms with Crippen molar-refractivity contribution in [3.63, 3.8) is 0 Å². The highest BCUT2D eigenvalue weighted by molar-refractivity contribution is 6.30. The number of halogens is 1. The van der Waals surface area contributed by atoms with E-state index in [1.807, 2.05) is 12.1 Å². The Morgan fingerprint density at radius 1 is 1.50 bits per heavy atom. The second kappa shape index (κ2) is 5.24. The fraction of sp³-hybridized carbons (Fsp3) is 0.500. The summed E-state index contributed by atoms with van der Waals surface area (Å²) >= 11 is 6.10. The zero-order valence-electron chi connectivity index (χ0n) is 10.9. The van der Waals surface area contributed by atoms with Crippen molar-refractivity contribution in [3.8, 4) is 5.75 Å². The highest BCUT2D eigenvalue weighted by Crippen LogP contribution is 2.34. The van der Waals surface area contributed by atoms with Crippen molar-refractivity contribution in [1.29, 1.82) is 0 Å². The van der Waals surface area contributed by atoms with Crippen molar-refractivity contribution in [2.75, 3.05) is 13.2 Å². The van der Waals surface area contributed by atoms with Crippen molar-refractivity contribution < 1.29 is 19.7 Å². The Labute approximate surface area is 121 Å². The van der Waals surface area contributed by atoms with Gasteiger partial charge in [-0.25, -0.2) is 0 Å². The van der Waals surface area contributed by atoms with E-state index in [1.54, 1.807) is 4.90 Å². The molecule has 0 spiro atoms. The van der Waals surface area contributed by atoms with Crippen LogP contribution in [0.25, 0.3) is 0 Å². The van der Waals surface area contributed by atoms with E-state index in [1.165, 1.54) is 0 Å². The highest BCUT2D eigenvalue weighted by atomic mass is 35.5. The number of ether oxygens (including phenoxy) is 1. The van der Waals surface area contributed by atoms with Gasteiger partial charge in [0.2, 0.25) is 0 Å². The van der Waals surface area contributed by atoms with E-state index >= 15 is 0 Å². The van der Waals surface area contributed by atoms with Gasteiger partial charge in [0.25, 0.3) is 0 Å². The number of rotatable bonds is 3. The molecule has 2 N–H and O–H groups in total. The number of β-amino-alcohol motifs (C(OH)–C–C–N with tert-alkyl or cyclic N) is 1. The highest BCUT2D eigenvalue weighted by Gasteiger charge is 2.36. The molecular weight excluding hydrogens is 282 g/mol. The number of likely N-dealkylation sites (tertiary alicyclic amines) is 1. The summed E-state index contributed by atoms with van der Waals surface area (Å²) in [5.41, 5.74) is 1.96. The Balaban J connectivity index is 1.86. The monoisotopic (exact) mass is 297 g/mol. The second-order valence-electron chi connectivity index (χ2n) is 5.32. The maximum Gasteiger partial charge on any atom is 0.321 e. The predicted molar refractivity (Wildman–Crippen MR) is 73.1 cm³/mol. The SMILES string of the molecule is O=C(O)C1CC(O)CN1Cc1cc(Cl)cc2c1OCC2. The molecule has 0 aromatic heterocycles. The van der Waals surface area contributed by atoms with Crippen LogP contribution in [-0.2, 0) is 17.8 Å². The molecule has 2 unspecified atom stereocenters. The predicted octanol–water partition coefficient (Wildman–Crippen LogP) is 1.29. The Hall–Kier alpha value is -1.30. The molecule has 1 aromatic rings. The first-order valence-corrected chi connectivity index (χ1v) is 7.01. The molecule has 0 radical (unpaired) electrons. The van der Waals surface area contributed by atoms with Crippen LogP contribution >= 0.6 is 11.6 Å². The number of aliphatic hydroxyl groups excluding tert-OH is 1. The van der Waals surface area contributed by atoms with Gasteiger partial charge in [-0.1, -0.05) is 11.6 Å². The molecule has 20 heavy (non-hydrogen) atoms. The molecule has 108 valence electrons. The second-order valence-corrected chi connectivity index (χ2v) is 5.76. The lowest BCUT2D eigenvalue weighted by atomic mass is 10.1. The summed E-state index contributed by atoms with van der Waals surface area (Å²) in [6.45, 7) is 1.42. The molecule has 5 nitrogen and oxygen atoms in total. The average molecular weight is 298 g/mol. The zero-order chi connectivity index (χ0) is 14.3. The lowest BCUT2D eigenvalue weighted by Gasteiger charge is -2.22. The fourth-order valence-electron chi connectivity index (χ4n) is 2.99. The number of benzene rings is 1. The van der Waals surface area contributed by atoms with Gasteiger partial charge in [0.15, 0.2) is 0 Å². The Morgan fingerprint density at radius 2 is 2.30 bits per heavy atom. The molecule has 3 rings (SSSR count). The van der Waals surface area contributed by atoms with Crippen molar-refractivity contribution in [3.05, 3.63) is 28.3 Å². The van der Waals surface area contributed by atoms with Crippen LogP contribution in [0.5, 0.6) is 5.75 Å². The van der Waals surface area contributed by atoms with Gasteiger partial charge < -0.3 is 14.9 Å². The quantitative estimate of drug-likeness (QED) is 0.880. The number of carboxylic acid groups (broad SMARTS) is 1. The molecule has 0 aliphatic carbocycles. The summed E-state index contributed by atoms with van der Waals surface area (Å²) in [5, 5.41) is 19.5. The van der Waals surface area contributed by atoms with E-state index in [0.717, 1.165) is 23.3 Å². The van der Waals surface area contributed by atoms with Crippen molar-refractivity contribution >= 4 is 17.6 Å². The normalized spacial score (nSPS) is 25.5. The van der Waals surface area contributed by atoms with Crippen LogP contribution < -0.4 is 4.74 Å². The van der Waals surface area contributed by atoms with Crippen LogP contribution in [0.15, 0.2) is 12.1 Å². The van der Waals surface area contributed by atoms with Gasteiger partial charge in [-0.3, -0.25) is 9.69 Å². The van der Waals surface area contributed by atoms with Gasteiger partial charge in [-0.2, -0.15) is 0 Å². The van der Waals surface area contributed by atoms with E-state index in [9.17, 15) is 15.0 Å². The Kier molecular flexibility index (Phi) is 3.58. The average Bonchev–Trinajstić information content (AvgIpc) is 2.95. The molecule has 2 aliphatic heterocycles. The van der Waals surface area contributed by atoms with Crippen molar-refractivity contribution in [2.24, 2.45) is 0 Å². The number of carbonyl (C=O) groups is 1. The summed E-state index contributed by atoms with van der Waals surface area (Å²) < 4.78 is 5.62. The number of carboxylic acids is 1. The van der Waals surface area contributed by atoms with Crippen molar-refractivity contribution in [1.82, 2.24) is 4.90 Å². The molecule has 6 heteroatoms. The van der Waals surface area contributed by atoms with Crippen LogP contribution in [0.1, 0.15) is 17.5 Å². The largest absolute Gasteiger partial charge is 0.493 e. The third kappa shape index (κ3) is 2.49. The maximum atomic E-state index is 11.2. The third-order valence-electron chi connectivity index (χ3n) is 3.87. The molecule has 2 heterocycles. The van der Waals surface area contributed by atoms with E-state index in [-0.39, 0.29) is 6.42 Å². The van der Waals surface area contributed by atoms with Crippen LogP contribution in [0.4, 0.5) is 0 Å². The summed E-state index contributed by atoms with van der Waals surface area (Å²) in [4.78, 5) is 13.0. The molecule has 1 fully saturated rings. The standard InChI is InChI=1S/C14H16ClNO4/c15-10-3-8-1-2-20-13(8)9(4-10)6-16-7-11(17)5-12(16)14(18)19/h3-4,11-12,17H,1-2,5-7H2,(H,18,19). The van der Waals surface area contributed by atoms with E-state index in [0.29, 0.717) is 24.7 Å². The first kappa shape index (κ1) is 13.7. The maximum absolute atomic E-state index is 11.2. The first-order chi connectivity index (χ1) is 9.54. The van der Waals surface area contributed by atoms with Gasteiger partial charge in [-0.15, -0.1) is 0 Å². The molecule has 0 saturated carbocycles. The fourth-order valence-corrected chi connectivity index (χ4v) is 3.26. The number of aliphatic carboxylic acids is 1. The summed E-state index contributed by atoms with van der Waals surface area (Å²) in [5.74, 6) is -0.0823. The molecule has 2 aliphatic rings.